The number of methoxy groups -OCH3 is 1. The highest BCUT2D eigenvalue weighted by atomic mass is 19.1. The third-order valence-corrected chi connectivity index (χ3v) is 4.93. The van der Waals surface area contributed by atoms with E-state index in [4.69, 9.17) is 9.47 Å². The summed E-state index contributed by atoms with van der Waals surface area (Å²) in [6.45, 7) is 7.13. The van der Waals surface area contributed by atoms with Gasteiger partial charge >= 0.3 is 5.97 Å². The van der Waals surface area contributed by atoms with Gasteiger partial charge in [0.15, 0.2) is 17.2 Å². The molecule has 0 aliphatic heterocycles. The van der Waals surface area contributed by atoms with Crippen LogP contribution in [0.2, 0.25) is 0 Å². The molecule has 1 aromatic heterocycles. The second kappa shape index (κ2) is 10.0. The van der Waals surface area contributed by atoms with Gasteiger partial charge in [-0.15, -0.1) is 0 Å². The lowest BCUT2D eigenvalue weighted by molar-refractivity contribution is -0.152. The van der Waals surface area contributed by atoms with Crippen molar-refractivity contribution in [2.24, 2.45) is 5.92 Å². The predicted octanol–water partition coefficient (Wildman–Crippen LogP) is 3.42. The van der Waals surface area contributed by atoms with Crippen LogP contribution in [0.3, 0.4) is 0 Å². The Morgan fingerprint density at radius 3 is 2.30 bits per heavy atom. The standard InChI is InChI=1S/C22H27FN2O5/c1-12(2)18(25-21(27)19-20(26)17(29-5)10-11-24-19)22(28)30-14(4)13(3)15-6-8-16(23)9-7-15/h6-14,18,26H,1-5H3,(H,25,27)/t13-,14+,18-/m0/s1. The van der Waals surface area contributed by atoms with Crippen molar-refractivity contribution in [1.82, 2.24) is 10.3 Å². The Bertz CT molecular complexity index is 886. The van der Waals surface area contributed by atoms with Crippen molar-refractivity contribution in [3.05, 3.63) is 53.6 Å². The summed E-state index contributed by atoms with van der Waals surface area (Å²) in [5.41, 5.74) is 0.577. The lowest BCUT2D eigenvalue weighted by Crippen LogP contribution is -2.46. The number of rotatable bonds is 8. The van der Waals surface area contributed by atoms with Gasteiger partial charge < -0.3 is 19.9 Å². The number of esters is 1. The van der Waals surface area contributed by atoms with Gasteiger partial charge in [0.05, 0.1) is 7.11 Å². The maximum Gasteiger partial charge on any atom is 0.329 e. The number of pyridine rings is 1. The molecule has 0 spiro atoms. The molecular formula is C22H27FN2O5. The van der Waals surface area contributed by atoms with Crippen molar-refractivity contribution in [3.63, 3.8) is 0 Å². The number of hydrogen-bond donors (Lipinski definition) is 2. The Kier molecular flexibility index (Phi) is 7.74. The highest BCUT2D eigenvalue weighted by molar-refractivity contribution is 5.98. The van der Waals surface area contributed by atoms with Crippen LogP contribution in [0.25, 0.3) is 0 Å². The van der Waals surface area contributed by atoms with Crippen LogP contribution < -0.4 is 10.1 Å². The van der Waals surface area contributed by atoms with Crippen LogP contribution >= 0.6 is 0 Å². The van der Waals surface area contributed by atoms with E-state index in [1.165, 1.54) is 31.5 Å². The number of aromatic nitrogens is 1. The first-order chi connectivity index (χ1) is 14.1. The van der Waals surface area contributed by atoms with E-state index in [1.54, 1.807) is 32.9 Å². The fourth-order valence-electron chi connectivity index (χ4n) is 2.87. The highest BCUT2D eigenvalue weighted by Crippen LogP contribution is 2.28. The van der Waals surface area contributed by atoms with Crippen molar-refractivity contribution in [3.8, 4) is 11.5 Å². The maximum atomic E-state index is 13.1. The molecule has 3 atom stereocenters. The monoisotopic (exact) mass is 418 g/mol. The summed E-state index contributed by atoms with van der Waals surface area (Å²) < 4.78 is 23.7. The maximum absolute atomic E-state index is 13.1. The van der Waals surface area contributed by atoms with Crippen LogP contribution in [0.1, 0.15) is 49.7 Å². The number of aromatic hydroxyl groups is 1. The third kappa shape index (κ3) is 5.46. The molecule has 0 saturated heterocycles. The first-order valence-electron chi connectivity index (χ1n) is 9.64. The van der Waals surface area contributed by atoms with E-state index >= 15 is 0 Å². The number of carbonyl (C=O) groups is 2. The van der Waals surface area contributed by atoms with Gasteiger partial charge in [-0.2, -0.15) is 0 Å². The molecule has 2 rings (SSSR count). The molecule has 162 valence electrons. The van der Waals surface area contributed by atoms with Gasteiger partial charge in [0.1, 0.15) is 18.0 Å². The Hall–Kier alpha value is -3.16. The number of hydrogen-bond acceptors (Lipinski definition) is 6. The molecule has 2 N–H and O–H groups in total. The van der Waals surface area contributed by atoms with Gasteiger partial charge in [-0.05, 0) is 30.5 Å². The zero-order valence-electron chi connectivity index (χ0n) is 17.7. The van der Waals surface area contributed by atoms with E-state index in [2.05, 4.69) is 10.3 Å². The lowest BCUT2D eigenvalue weighted by Gasteiger charge is -2.26. The molecule has 1 amide bonds. The molecule has 0 radical (unpaired) electrons. The number of nitrogens with zero attached hydrogens (tertiary/aromatic N) is 1. The van der Waals surface area contributed by atoms with E-state index in [-0.39, 0.29) is 29.1 Å². The highest BCUT2D eigenvalue weighted by Gasteiger charge is 2.30. The molecule has 1 heterocycles. The minimum absolute atomic E-state index is 0.0977. The number of carbonyl (C=O) groups excluding carboxylic acids is 2. The van der Waals surface area contributed by atoms with E-state index in [9.17, 15) is 19.1 Å². The second-order valence-corrected chi connectivity index (χ2v) is 7.39. The van der Waals surface area contributed by atoms with Gasteiger partial charge in [0.25, 0.3) is 5.91 Å². The van der Waals surface area contributed by atoms with Crippen LogP contribution in [0.15, 0.2) is 36.5 Å². The number of benzene rings is 1. The number of amides is 1. The molecular weight excluding hydrogens is 391 g/mol. The summed E-state index contributed by atoms with van der Waals surface area (Å²) in [5.74, 6) is -2.44. The van der Waals surface area contributed by atoms with Crippen LogP contribution in [0.5, 0.6) is 11.5 Å². The zero-order valence-corrected chi connectivity index (χ0v) is 17.7. The molecule has 0 aliphatic carbocycles. The molecule has 8 heteroatoms. The number of ether oxygens (including phenoxy) is 2. The summed E-state index contributed by atoms with van der Waals surface area (Å²) in [4.78, 5) is 29.2. The topological polar surface area (TPSA) is 97.8 Å². The molecule has 1 aromatic carbocycles. The molecule has 0 aliphatic rings. The van der Waals surface area contributed by atoms with Crippen molar-refractivity contribution >= 4 is 11.9 Å². The van der Waals surface area contributed by atoms with Crippen LogP contribution in [-0.2, 0) is 9.53 Å². The Labute approximate surface area is 175 Å². The second-order valence-electron chi connectivity index (χ2n) is 7.39. The summed E-state index contributed by atoms with van der Waals surface area (Å²) >= 11 is 0. The van der Waals surface area contributed by atoms with Crippen molar-refractivity contribution in [2.75, 3.05) is 7.11 Å². The molecule has 2 aromatic rings. The number of nitrogens with one attached hydrogen (secondary N) is 1. The summed E-state index contributed by atoms with van der Waals surface area (Å²) in [6.07, 6.45) is 0.812. The van der Waals surface area contributed by atoms with Gasteiger partial charge in [-0.3, -0.25) is 4.79 Å². The van der Waals surface area contributed by atoms with Gasteiger partial charge in [0.2, 0.25) is 0 Å². The smallest absolute Gasteiger partial charge is 0.329 e. The quantitative estimate of drug-likeness (QED) is 0.638. The fraction of sp³-hybridized carbons (Fsp3) is 0.409. The van der Waals surface area contributed by atoms with Crippen molar-refractivity contribution < 1.29 is 28.6 Å². The average molecular weight is 418 g/mol. The van der Waals surface area contributed by atoms with Crippen molar-refractivity contribution in [1.29, 1.82) is 0 Å². The van der Waals surface area contributed by atoms with Gasteiger partial charge in [0, 0.05) is 18.2 Å². The van der Waals surface area contributed by atoms with Crippen molar-refractivity contribution in [2.45, 2.75) is 45.8 Å². The third-order valence-electron chi connectivity index (χ3n) is 4.93. The van der Waals surface area contributed by atoms with Gasteiger partial charge in [-0.1, -0.05) is 32.9 Å². The normalized spacial score (nSPS) is 14.0. The first-order valence-corrected chi connectivity index (χ1v) is 9.64. The zero-order chi connectivity index (χ0) is 22.4. The van der Waals surface area contributed by atoms with E-state index in [1.807, 2.05) is 6.92 Å². The minimum Gasteiger partial charge on any atom is -0.503 e. The SMILES string of the molecule is COc1ccnc(C(=O)N[C@H](C(=O)O[C@H](C)[C@H](C)c2ccc(F)cc2)C(C)C)c1O. The molecule has 7 nitrogen and oxygen atoms in total. The molecule has 0 saturated carbocycles. The summed E-state index contributed by atoms with van der Waals surface area (Å²) in [7, 11) is 1.36. The Morgan fingerprint density at radius 2 is 1.73 bits per heavy atom. The lowest BCUT2D eigenvalue weighted by atomic mass is 9.96. The summed E-state index contributed by atoms with van der Waals surface area (Å²) in [6, 6.07) is 6.45. The van der Waals surface area contributed by atoms with E-state index in [0.717, 1.165) is 5.56 Å². The molecule has 0 fully saturated rings. The number of halogens is 1. The molecule has 30 heavy (non-hydrogen) atoms. The summed E-state index contributed by atoms with van der Waals surface area (Å²) in [5, 5.41) is 12.7. The van der Waals surface area contributed by atoms with E-state index in [0.29, 0.717) is 0 Å². The van der Waals surface area contributed by atoms with Crippen LogP contribution in [0.4, 0.5) is 4.39 Å². The van der Waals surface area contributed by atoms with Crippen LogP contribution in [-0.4, -0.2) is 41.2 Å². The van der Waals surface area contributed by atoms with E-state index < -0.39 is 29.8 Å². The fourth-order valence-corrected chi connectivity index (χ4v) is 2.87. The Morgan fingerprint density at radius 1 is 1.10 bits per heavy atom. The Balaban J connectivity index is 2.11. The molecule has 0 unspecified atom stereocenters. The molecule has 0 bridgehead atoms. The largest absolute Gasteiger partial charge is 0.503 e. The van der Waals surface area contributed by atoms with Crippen LogP contribution in [0, 0.1) is 11.7 Å². The predicted molar refractivity (Wildman–Crippen MR) is 109 cm³/mol. The van der Waals surface area contributed by atoms with Gasteiger partial charge in [-0.25, -0.2) is 14.2 Å². The average Bonchev–Trinajstić information content (AvgIpc) is 2.71. The minimum atomic E-state index is -0.951. The first kappa shape index (κ1) is 23.1.